The Morgan fingerprint density at radius 1 is 1.03 bits per heavy atom. The highest BCUT2D eigenvalue weighted by Gasteiger charge is 2.18. The summed E-state index contributed by atoms with van der Waals surface area (Å²) in [6.07, 6.45) is 1.58. The van der Waals surface area contributed by atoms with Crippen LogP contribution in [0, 0.1) is 9.49 Å². The van der Waals surface area contributed by atoms with Gasteiger partial charge in [0.15, 0.2) is 0 Å². The van der Waals surface area contributed by atoms with Gasteiger partial charge in [0.25, 0.3) is 5.91 Å². The molecule has 0 saturated heterocycles. The average molecular weight is 539 g/mol. The molecular weight excluding hydrogens is 509 g/mol. The number of benzene rings is 2. The SMILES string of the molecule is CCC(C)Oc1cc(NC(=O)c2ccc(I)cc2OCCC(C)C)ccc1C(=O)OC. The number of methoxy groups -OCH3 is 1. The van der Waals surface area contributed by atoms with Crippen molar-refractivity contribution in [3.8, 4) is 11.5 Å². The summed E-state index contributed by atoms with van der Waals surface area (Å²) in [4.78, 5) is 25.1. The number of esters is 1. The third kappa shape index (κ3) is 7.41. The molecule has 0 saturated carbocycles. The van der Waals surface area contributed by atoms with Crippen molar-refractivity contribution in [2.24, 2.45) is 5.92 Å². The second kappa shape index (κ2) is 11.9. The van der Waals surface area contributed by atoms with Gasteiger partial charge in [0.2, 0.25) is 0 Å². The highest BCUT2D eigenvalue weighted by atomic mass is 127. The van der Waals surface area contributed by atoms with E-state index >= 15 is 0 Å². The van der Waals surface area contributed by atoms with Crippen LogP contribution in [-0.4, -0.2) is 31.7 Å². The zero-order valence-corrected chi connectivity index (χ0v) is 20.8. The van der Waals surface area contributed by atoms with Crippen molar-refractivity contribution >= 4 is 40.2 Å². The van der Waals surface area contributed by atoms with Gasteiger partial charge in [0, 0.05) is 15.3 Å². The second-order valence-electron chi connectivity index (χ2n) is 7.66. The summed E-state index contributed by atoms with van der Waals surface area (Å²) in [6.45, 7) is 8.70. The summed E-state index contributed by atoms with van der Waals surface area (Å²) >= 11 is 2.19. The quantitative estimate of drug-likeness (QED) is 0.299. The molecular formula is C24H30INO5. The lowest BCUT2D eigenvalue weighted by Crippen LogP contribution is -2.16. The number of anilines is 1. The van der Waals surface area contributed by atoms with Crippen LogP contribution in [0.1, 0.15) is 61.3 Å². The molecule has 0 heterocycles. The van der Waals surface area contributed by atoms with Crippen LogP contribution in [0.15, 0.2) is 36.4 Å². The fourth-order valence-electron chi connectivity index (χ4n) is 2.68. The first-order valence-electron chi connectivity index (χ1n) is 10.4. The first-order valence-corrected chi connectivity index (χ1v) is 11.5. The molecule has 1 amide bonds. The molecule has 0 aromatic heterocycles. The summed E-state index contributed by atoms with van der Waals surface area (Å²) in [7, 11) is 1.32. The predicted octanol–water partition coefficient (Wildman–Crippen LogP) is 5.93. The van der Waals surface area contributed by atoms with Gasteiger partial charge in [-0.25, -0.2) is 4.79 Å². The van der Waals surface area contributed by atoms with Crippen LogP contribution < -0.4 is 14.8 Å². The Morgan fingerprint density at radius 3 is 2.39 bits per heavy atom. The normalized spacial score (nSPS) is 11.7. The molecule has 0 radical (unpaired) electrons. The zero-order valence-electron chi connectivity index (χ0n) is 18.7. The van der Waals surface area contributed by atoms with Gasteiger partial charge in [-0.1, -0.05) is 20.8 Å². The molecule has 1 N–H and O–H groups in total. The van der Waals surface area contributed by atoms with Gasteiger partial charge in [-0.15, -0.1) is 0 Å². The zero-order chi connectivity index (χ0) is 23.0. The lowest BCUT2D eigenvalue weighted by atomic mass is 10.1. The second-order valence-corrected chi connectivity index (χ2v) is 8.91. The highest BCUT2D eigenvalue weighted by molar-refractivity contribution is 14.1. The Balaban J connectivity index is 2.26. The van der Waals surface area contributed by atoms with E-state index < -0.39 is 5.97 Å². The van der Waals surface area contributed by atoms with Gasteiger partial charge in [-0.3, -0.25) is 4.79 Å². The molecule has 1 atom stereocenters. The van der Waals surface area contributed by atoms with E-state index in [-0.39, 0.29) is 12.0 Å². The number of rotatable bonds is 10. The van der Waals surface area contributed by atoms with Gasteiger partial charge in [-0.2, -0.15) is 0 Å². The van der Waals surface area contributed by atoms with E-state index in [4.69, 9.17) is 14.2 Å². The smallest absolute Gasteiger partial charge is 0.341 e. The minimum Gasteiger partial charge on any atom is -0.493 e. The number of amides is 1. The van der Waals surface area contributed by atoms with Crippen molar-refractivity contribution in [2.75, 3.05) is 19.0 Å². The Bertz CT molecular complexity index is 913. The monoisotopic (exact) mass is 539 g/mol. The molecule has 0 spiro atoms. The first-order chi connectivity index (χ1) is 14.7. The van der Waals surface area contributed by atoms with E-state index in [0.29, 0.717) is 40.8 Å². The summed E-state index contributed by atoms with van der Waals surface area (Å²) in [5.74, 6) is 0.644. The topological polar surface area (TPSA) is 73.9 Å². The van der Waals surface area contributed by atoms with Crippen molar-refractivity contribution in [3.05, 3.63) is 51.1 Å². The molecule has 0 aliphatic carbocycles. The molecule has 6 nitrogen and oxygen atoms in total. The van der Waals surface area contributed by atoms with Gasteiger partial charge in [-0.05, 0) is 78.6 Å². The maximum Gasteiger partial charge on any atom is 0.341 e. The third-order valence-electron chi connectivity index (χ3n) is 4.69. The Hall–Kier alpha value is -2.29. The fraction of sp³-hybridized carbons (Fsp3) is 0.417. The van der Waals surface area contributed by atoms with Crippen LogP contribution in [-0.2, 0) is 4.74 Å². The van der Waals surface area contributed by atoms with Gasteiger partial charge in [0.1, 0.15) is 17.1 Å². The minimum absolute atomic E-state index is 0.0912. The van der Waals surface area contributed by atoms with E-state index in [9.17, 15) is 9.59 Å². The molecule has 0 fully saturated rings. The Labute approximate surface area is 197 Å². The fourth-order valence-corrected chi connectivity index (χ4v) is 3.15. The van der Waals surface area contributed by atoms with Gasteiger partial charge < -0.3 is 19.5 Å². The predicted molar refractivity (Wildman–Crippen MR) is 130 cm³/mol. The molecule has 0 aliphatic rings. The molecule has 7 heteroatoms. The number of carbonyl (C=O) groups is 2. The van der Waals surface area contributed by atoms with Crippen molar-refractivity contribution in [1.82, 2.24) is 0 Å². The van der Waals surface area contributed by atoms with Crippen molar-refractivity contribution in [1.29, 1.82) is 0 Å². The third-order valence-corrected chi connectivity index (χ3v) is 5.36. The first kappa shape index (κ1) is 25.0. The molecule has 2 rings (SSSR count). The van der Waals surface area contributed by atoms with Crippen LogP contribution in [0.4, 0.5) is 5.69 Å². The lowest BCUT2D eigenvalue weighted by molar-refractivity contribution is 0.0593. The Kier molecular flexibility index (Phi) is 9.61. The summed E-state index contributed by atoms with van der Waals surface area (Å²) in [5.41, 5.74) is 1.28. The number of halogens is 1. The number of hydrogen-bond acceptors (Lipinski definition) is 5. The molecule has 31 heavy (non-hydrogen) atoms. The van der Waals surface area contributed by atoms with Crippen LogP contribution in [0.5, 0.6) is 11.5 Å². The van der Waals surface area contributed by atoms with Crippen LogP contribution >= 0.6 is 22.6 Å². The van der Waals surface area contributed by atoms with Crippen molar-refractivity contribution in [2.45, 2.75) is 46.6 Å². The molecule has 168 valence electrons. The lowest BCUT2D eigenvalue weighted by Gasteiger charge is -2.17. The molecule has 2 aromatic rings. The molecule has 0 aliphatic heterocycles. The van der Waals surface area contributed by atoms with E-state index in [1.807, 2.05) is 26.0 Å². The number of hydrogen-bond donors (Lipinski definition) is 1. The molecule has 2 aromatic carbocycles. The van der Waals surface area contributed by atoms with Gasteiger partial charge >= 0.3 is 5.97 Å². The summed E-state index contributed by atoms with van der Waals surface area (Å²) in [5, 5.41) is 2.88. The van der Waals surface area contributed by atoms with Crippen LogP contribution in [0.3, 0.4) is 0 Å². The molecule has 1 unspecified atom stereocenters. The van der Waals surface area contributed by atoms with E-state index in [1.54, 1.807) is 24.3 Å². The van der Waals surface area contributed by atoms with E-state index in [0.717, 1.165) is 16.4 Å². The van der Waals surface area contributed by atoms with Crippen LogP contribution in [0.25, 0.3) is 0 Å². The summed E-state index contributed by atoms with van der Waals surface area (Å²) in [6, 6.07) is 10.4. The maximum atomic E-state index is 13.0. The van der Waals surface area contributed by atoms with Crippen molar-refractivity contribution < 1.29 is 23.8 Å². The average Bonchev–Trinajstić information content (AvgIpc) is 2.73. The Morgan fingerprint density at radius 2 is 1.74 bits per heavy atom. The summed E-state index contributed by atoms with van der Waals surface area (Å²) < 4.78 is 17.6. The van der Waals surface area contributed by atoms with Gasteiger partial charge in [0.05, 0.1) is 25.4 Å². The van der Waals surface area contributed by atoms with E-state index in [1.165, 1.54) is 7.11 Å². The maximum absolute atomic E-state index is 13.0. The standard InChI is InChI=1S/C24H30INO5/c1-6-16(4)31-22-14-18(8-10-20(22)24(28)29-5)26-23(27)19-9-7-17(25)13-21(19)30-12-11-15(2)3/h7-10,13-16H,6,11-12H2,1-5H3,(H,26,27). The van der Waals surface area contributed by atoms with Crippen molar-refractivity contribution in [3.63, 3.8) is 0 Å². The largest absolute Gasteiger partial charge is 0.493 e. The van der Waals surface area contributed by atoms with Crippen LogP contribution in [0.2, 0.25) is 0 Å². The number of carbonyl (C=O) groups excluding carboxylic acids is 2. The minimum atomic E-state index is -0.491. The number of ether oxygens (including phenoxy) is 3. The van der Waals surface area contributed by atoms with E-state index in [2.05, 4.69) is 41.8 Å². The molecule has 0 bridgehead atoms. The number of nitrogens with one attached hydrogen (secondary N) is 1. The highest BCUT2D eigenvalue weighted by Crippen LogP contribution is 2.28.